The van der Waals surface area contributed by atoms with Crippen LogP contribution in [0, 0.1) is 6.92 Å². The van der Waals surface area contributed by atoms with E-state index >= 15 is 0 Å². The SMILES string of the molecule is CCOC(=O)c1cc(C)n(CC(C)NC(=O)OC(C)(C)C)c1. The Morgan fingerprint density at radius 1 is 1.36 bits per heavy atom. The first kappa shape index (κ1) is 18.1. The maximum atomic E-state index is 11.7. The second-order valence-corrected chi connectivity index (χ2v) is 6.29. The van der Waals surface area contributed by atoms with Gasteiger partial charge in [-0.3, -0.25) is 0 Å². The Kier molecular flexibility index (Phi) is 6.02. The largest absolute Gasteiger partial charge is 0.462 e. The molecule has 124 valence electrons. The lowest BCUT2D eigenvalue weighted by Crippen LogP contribution is -2.39. The molecule has 0 radical (unpaired) electrons. The number of rotatable bonds is 5. The number of esters is 1. The zero-order valence-electron chi connectivity index (χ0n) is 14.2. The summed E-state index contributed by atoms with van der Waals surface area (Å²) < 4.78 is 12.1. The summed E-state index contributed by atoms with van der Waals surface area (Å²) in [6.07, 6.45) is 1.29. The standard InChI is InChI=1S/C16H26N2O4/c1-7-21-14(19)13-8-12(3)18(10-13)9-11(2)17-15(20)22-16(4,5)6/h8,10-11H,7,9H2,1-6H3,(H,17,20). The van der Waals surface area contributed by atoms with Crippen molar-refractivity contribution >= 4 is 12.1 Å². The van der Waals surface area contributed by atoms with E-state index in [9.17, 15) is 9.59 Å². The molecule has 1 aromatic heterocycles. The Labute approximate surface area is 131 Å². The number of aromatic nitrogens is 1. The van der Waals surface area contributed by atoms with Crippen LogP contribution < -0.4 is 5.32 Å². The minimum Gasteiger partial charge on any atom is -0.462 e. The molecule has 0 aliphatic heterocycles. The predicted molar refractivity (Wildman–Crippen MR) is 84.0 cm³/mol. The van der Waals surface area contributed by atoms with Crippen molar-refractivity contribution in [3.8, 4) is 0 Å². The highest BCUT2D eigenvalue weighted by atomic mass is 16.6. The van der Waals surface area contributed by atoms with Crippen molar-refractivity contribution in [1.29, 1.82) is 0 Å². The average Bonchev–Trinajstić information content (AvgIpc) is 2.68. The van der Waals surface area contributed by atoms with Gasteiger partial charge in [0.05, 0.1) is 12.2 Å². The van der Waals surface area contributed by atoms with Crippen LogP contribution in [0.5, 0.6) is 0 Å². The molecule has 0 aliphatic carbocycles. The number of nitrogens with zero attached hydrogens (tertiary/aromatic N) is 1. The summed E-state index contributed by atoms with van der Waals surface area (Å²) in [5, 5.41) is 2.78. The first-order valence-electron chi connectivity index (χ1n) is 7.45. The highest BCUT2D eigenvalue weighted by molar-refractivity contribution is 5.89. The lowest BCUT2D eigenvalue weighted by molar-refractivity contribution is 0.0498. The molecule has 0 saturated heterocycles. The number of ether oxygens (including phenoxy) is 2. The first-order valence-corrected chi connectivity index (χ1v) is 7.45. The smallest absolute Gasteiger partial charge is 0.407 e. The van der Waals surface area contributed by atoms with E-state index in [1.54, 1.807) is 19.2 Å². The highest BCUT2D eigenvalue weighted by Gasteiger charge is 2.18. The van der Waals surface area contributed by atoms with E-state index in [2.05, 4.69) is 5.32 Å². The Balaban J connectivity index is 2.63. The summed E-state index contributed by atoms with van der Waals surface area (Å²) >= 11 is 0. The van der Waals surface area contributed by atoms with Gasteiger partial charge in [-0.1, -0.05) is 0 Å². The van der Waals surface area contributed by atoms with Crippen molar-refractivity contribution in [3.63, 3.8) is 0 Å². The molecule has 0 saturated carbocycles. The van der Waals surface area contributed by atoms with Gasteiger partial charge in [0.1, 0.15) is 5.60 Å². The van der Waals surface area contributed by atoms with E-state index < -0.39 is 11.7 Å². The van der Waals surface area contributed by atoms with Crippen LogP contribution >= 0.6 is 0 Å². The lowest BCUT2D eigenvalue weighted by atomic mass is 10.2. The Morgan fingerprint density at radius 3 is 2.55 bits per heavy atom. The quantitative estimate of drug-likeness (QED) is 0.849. The number of hydrogen-bond donors (Lipinski definition) is 1. The molecule has 6 nitrogen and oxygen atoms in total. The molecule has 1 heterocycles. The fourth-order valence-corrected chi connectivity index (χ4v) is 1.99. The molecule has 0 bridgehead atoms. The Hall–Kier alpha value is -1.98. The van der Waals surface area contributed by atoms with Crippen molar-refractivity contribution < 1.29 is 19.1 Å². The average molecular weight is 310 g/mol. The van der Waals surface area contributed by atoms with Gasteiger partial charge in [-0.25, -0.2) is 9.59 Å². The van der Waals surface area contributed by atoms with Gasteiger partial charge >= 0.3 is 12.1 Å². The molecule has 0 aromatic carbocycles. The molecule has 0 aliphatic rings. The van der Waals surface area contributed by atoms with Crippen LogP contribution in [-0.2, 0) is 16.0 Å². The topological polar surface area (TPSA) is 69.6 Å². The lowest BCUT2D eigenvalue weighted by Gasteiger charge is -2.22. The maximum Gasteiger partial charge on any atom is 0.407 e. The monoisotopic (exact) mass is 310 g/mol. The third-order valence-corrected chi connectivity index (χ3v) is 2.86. The van der Waals surface area contributed by atoms with Gasteiger partial charge in [-0.15, -0.1) is 0 Å². The third-order valence-electron chi connectivity index (χ3n) is 2.86. The van der Waals surface area contributed by atoms with Crippen LogP contribution in [0.15, 0.2) is 12.3 Å². The first-order chi connectivity index (χ1) is 10.1. The van der Waals surface area contributed by atoms with Gasteiger partial charge in [-0.2, -0.15) is 0 Å². The molecule has 22 heavy (non-hydrogen) atoms. The molecule has 1 unspecified atom stereocenters. The molecular weight excluding hydrogens is 284 g/mol. The molecule has 1 rings (SSSR count). The minimum absolute atomic E-state index is 0.129. The molecule has 6 heteroatoms. The van der Waals surface area contributed by atoms with E-state index in [0.29, 0.717) is 18.7 Å². The van der Waals surface area contributed by atoms with Gasteiger partial charge in [-0.05, 0) is 47.6 Å². The highest BCUT2D eigenvalue weighted by Crippen LogP contribution is 2.11. The van der Waals surface area contributed by atoms with E-state index in [-0.39, 0.29) is 12.0 Å². The van der Waals surface area contributed by atoms with Crippen molar-refractivity contribution in [2.24, 2.45) is 0 Å². The van der Waals surface area contributed by atoms with Crippen LogP contribution in [0.2, 0.25) is 0 Å². The van der Waals surface area contributed by atoms with E-state index in [0.717, 1.165) is 5.69 Å². The van der Waals surface area contributed by atoms with E-state index in [1.807, 2.05) is 39.2 Å². The van der Waals surface area contributed by atoms with Crippen molar-refractivity contribution in [2.75, 3.05) is 6.61 Å². The Morgan fingerprint density at radius 2 is 2.00 bits per heavy atom. The summed E-state index contributed by atoms with van der Waals surface area (Å²) in [4.78, 5) is 23.4. The van der Waals surface area contributed by atoms with E-state index in [1.165, 1.54) is 0 Å². The Bertz CT molecular complexity index is 529. The van der Waals surface area contributed by atoms with Crippen molar-refractivity contribution in [3.05, 3.63) is 23.5 Å². The molecule has 0 spiro atoms. The number of nitrogens with one attached hydrogen (secondary N) is 1. The van der Waals surface area contributed by atoms with Crippen LogP contribution in [0.3, 0.4) is 0 Å². The zero-order chi connectivity index (χ0) is 16.9. The minimum atomic E-state index is -0.524. The number of aryl methyl sites for hydroxylation is 1. The molecule has 1 amide bonds. The van der Waals surface area contributed by atoms with Gasteiger partial charge in [0.2, 0.25) is 0 Å². The van der Waals surface area contributed by atoms with Crippen molar-refractivity contribution in [1.82, 2.24) is 9.88 Å². The third kappa shape index (κ3) is 5.79. The van der Waals surface area contributed by atoms with Crippen LogP contribution in [0.25, 0.3) is 0 Å². The summed E-state index contributed by atoms with van der Waals surface area (Å²) in [6, 6.07) is 1.65. The number of alkyl carbamates (subject to hydrolysis) is 1. The van der Waals surface area contributed by atoms with E-state index in [4.69, 9.17) is 9.47 Å². The molecule has 1 N–H and O–H groups in total. The summed E-state index contributed by atoms with van der Waals surface area (Å²) in [7, 11) is 0. The second-order valence-electron chi connectivity index (χ2n) is 6.29. The number of carbonyl (C=O) groups excluding carboxylic acids is 2. The van der Waals surface area contributed by atoms with Gasteiger partial charge in [0, 0.05) is 24.5 Å². The molecular formula is C16H26N2O4. The summed E-state index contributed by atoms with van der Waals surface area (Å²) in [5.74, 6) is -0.336. The van der Waals surface area contributed by atoms with Gasteiger partial charge in [0.25, 0.3) is 0 Å². The molecule has 1 atom stereocenters. The second kappa shape index (κ2) is 7.33. The number of carbonyl (C=O) groups is 2. The van der Waals surface area contributed by atoms with Gasteiger partial charge in [0.15, 0.2) is 0 Å². The number of amides is 1. The number of hydrogen-bond acceptors (Lipinski definition) is 4. The molecule has 1 aromatic rings. The van der Waals surface area contributed by atoms with Crippen LogP contribution in [0.4, 0.5) is 4.79 Å². The summed E-state index contributed by atoms with van der Waals surface area (Å²) in [5.41, 5.74) is 0.925. The van der Waals surface area contributed by atoms with Crippen molar-refractivity contribution in [2.45, 2.75) is 59.7 Å². The van der Waals surface area contributed by atoms with Crippen LogP contribution in [-0.4, -0.2) is 34.9 Å². The molecule has 0 fully saturated rings. The van der Waals surface area contributed by atoms with Crippen LogP contribution in [0.1, 0.15) is 50.7 Å². The zero-order valence-corrected chi connectivity index (χ0v) is 14.2. The normalized spacial score (nSPS) is 12.6. The fourth-order valence-electron chi connectivity index (χ4n) is 1.99. The van der Waals surface area contributed by atoms with Gasteiger partial charge < -0.3 is 19.4 Å². The maximum absolute atomic E-state index is 11.7. The predicted octanol–water partition coefficient (Wildman–Crippen LogP) is 2.89. The summed E-state index contributed by atoms with van der Waals surface area (Å²) in [6.45, 7) is 11.9. The fraction of sp³-hybridized carbons (Fsp3) is 0.625.